The van der Waals surface area contributed by atoms with Gasteiger partial charge in [-0.1, -0.05) is 6.85 Å². The number of nitrogen functional groups attached to an aromatic ring is 1. The molecule has 3 nitrogen and oxygen atoms in total. The van der Waals surface area contributed by atoms with Gasteiger partial charge in [-0.15, -0.1) is 0 Å². The summed E-state index contributed by atoms with van der Waals surface area (Å²) in [6.07, 6.45) is 0. The smallest absolute Gasteiger partial charge is 0.120 e. The number of phenolic OH excluding ortho intramolecular Hbond substituents is 1. The van der Waals surface area contributed by atoms with E-state index in [9.17, 15) is 5.11 Å². The first kappa shape index (κ1) is 4.14. The second-order valence-electron chi connectivity index (χ2n) is 2.37. The summed E-state index contributed by atoms with van der Waals surface area (Å²) in [5.41, 5.74) is 6.27. The highest BCUT2D eigenvalue weighted by atomic mass is 16.3. The fourth-order valence-corrected chi connectivity index (χ4v) is 0.886. The third kappa shape index (κ3) is 2.13. The van der Waals surface area contributed by atoms with Gasteiger partial charge in [0.15, 0.2) is 0 Å². The maximum absolute atomic E-state index is 9.48. The molecule has 0 amide bonds. The van der Waals surface area contributed by atoms with Gasteiger partial charge in [0.25, 0.3) is 0 Å². The van der Waals surface area contributed by atoms with Crippen LogP contribution >= 0.6 is 0 Å². The molecule has 0 aliphatic carbocycles. The summed E-state index contributed by atoms with van der Waals surface area (Å²) in [6, 6.07) is 4.33. The van der Waals surface area contributed by atoms with E-state index in [2.05, 4.69) is 5.32 Å². The second-order valence-corrected chi connectivity index (χ2v) is 2.37. The Morgan fingerprint density at radius 1 is 1.75 bits per heavy atom. The lowest BCUT2D eigenvalue weighted by Gasteiger charge is -2.05. The van der Waals surface area contributed by atoms with Crippen LogP contribution in [0.4, 0.5) is 5.69 Å². The second kappa shape index (κ2) is 3.97. The monoisotopic (exact) mass is 171 g/mol. The van der Waals surface area contributed by atoms with Crippen molar-refractivity contribution >= 4 is 5.69 Å². The van der Waals surface area contributed by atoms with E-state index >= 15 is 0 Å². The summed E-state index contributed by atoms with van der Waals surface area (Å²) in [6.45, 7) is -5.42. The number of anilines is 1. The number of rotatable bonds is 3. The lowest BCUT2D eigenvalue weighted by molar-refractivity contribution is 0.465. The number of hydrogen-bond acceptors (Lipinski definition) is 3. The Kier molecular flexibility index (Phi) is 1.37. The largest absolute Gasteiger partial charge is 0.508 e. The maximum Gasteiger partial charge on any atom is 0.120 e. The molecule has 0 aliphatic rings. The van der Waals surface area contributed by atoms with Gasteiger partial charge >= 0.3 is 0 Å². The molecule has 66 valence electrons. The first-order chi connectivity index (χ1) is 7.63. The highest BCUT2D eigenvalue weighted by molar-refractivity contribution is 5.47. The molecule has 0 saturated heterocycles. The van der Waals surface area contributed by atoms with Gasteiger partial charge in [-0.2, -0.15) is 0 Å². The van der Waals surface area contributed by atoms with Crippen LogP contribution in [0.1, 0.15) is 19.3 Å². The van der Waals surface area contributed by atoms with Gasteiger partial charge in [-0.05, 0) is 24.7 Å². The van der Waals surface area contributed by atoms with E-state index in [1.807, 2.05) is 0 Å². The Bertz CT molecular complexity index is 405. The van der Waals surface area contributed by atoms with Crippen LogP contribution in [-0.4, -0.2) is 11.6 Å². The van der Waals surface area contributed by atoms with Crippen LogP contribution in [0.25, 0.3) is 0 Å². The Hall–Kier alpha value is -1.22. The number of nitrogens with two attached hydrogens (primary N) is 1. The molecule has 12 heavy (non-hydrogen) atoms. The van der Waals surface area contributed by atoms with Crippen LogP contribution in [0, 0.1) is 0 Å². The van der Waals surface area contributed by atoms with Crippen LogP contribution in [-0.2, 0) is 6.54 Å². The van der Waals surface area contributed by atoms with Gasteiger partial charge in [0.2, 0.25) is 0 Å². The Morgan fingerprint density at radius 3 is 3.33 bits per heavy atom. The summed E-state index contributed by atoms with van der Waals surface area (Å²) < 4.78 is 35.7. The molecule has 1 aromatic rings. The standard InChI is InChI=1S/C9H14N2O/c1-2-11-6-7-5-8(10)3-4-9(7)12/h3-5,11-12H,2,6,10H2,1H3/i1D3,2D2. The third-order valence-corrected chi connectivity index (χ3v) is 1.47. The first-order valence-electron chi connectivity index (χ1n) is 5.96. The van der Waals surface area contributed by atoms with Gasteiger partial charge in [-0.25, -0.2) is 0 Å². The topological polar surface area (TPSA) is 58.3 Å². The van der Waals surface area contributed by atoms with E-state index in [1.54, 1.807) is 0 Å². The zero-order valence-corrected chi connectivity index (χ0v) is 6.46. The molecule has 4 N–H and O–H groups in total. The normalized spacial score (nSPS) is 18.5. The molecule has 0 saturated carbocycles. The van der Waals surface area contributed by atoms with E-state index in [4.69, 9.17) is 12.6 Å². The number of phenols is 1. The highest BCUT2D eigenvalue weighted by Crippen LogP contribution is 2.18. The zero-order chi connectivity index (χ0) is 13.3. The predicted molar refractivity (Wildman–Crippen MR) is 49.9 cm³/mol. The molecule has 3 heteroatoms. The van der Waals surface area contributed by atoms with E-state index in [0.717, 1.165) is 0 Å². The Labute approximate surface area is 79.2 Å². The van der Waals surface area contributed by atoms with Crippen molar-refractivity contribution in [3.63, 3.8) is 0 Å². The van der Waals surface area contributed by atoms with Crippen LogP contribution in [0.2, 0.25) is 0 Å². The molecule has 0 heterocycles. The minimum absolute atomic E-state index is 0.0620. The number of hydrogen-bond donors (Lipinski definition) is 3. The summed E-state index contributed by atoms with van der Waals surface area (Å²) >= 11 is 0. The predicted octanol–water partition coefficient (Wildman–Crippen LogP) is 1.08. The van der Waals surface area contributed by atoms with Crippen LogP contribution < -0.4 is 11.1 Å². The molecular formula is C9H14N2O. The van der Waals surface area contributed by atoms with Gasteiger partial charge in [0.1, 0.15) is 5.75 Å². The van der Waals surface area contributed by atoms with E-state index < -0.39 is 13.3 Å². The fourth-order valence-electron chi connectivity index (χ4n) is 0.886. The highest BCUT2D eigenvalue weighted by Gasteiger charge is 1.99. The molecular weight excluding hydrogens is 152 g/mol. The van der Waals surface area contributed by atoms with Crippen molar-refractivity contribution in [2.24, 2.45) is 0 Å². The van der Waals surface area contributed by atoms with Crippen molar-refractivity contribution < 1.29 is 12.0 Å². The lowest BCUT2D eigenvalue weighted by Crippen LogP contribution is -2.11. The molecule has 0 spiro atoms. The summed E-state index contributed by atoms with van der Waals surface area (Å²) in [5.74, 6) is -0.0620. The van der Waals surface area contributed by atoms with Crippen molar-refractivity contribution in [3.8, 4) is 5.75 Å². The van der Waals surface area contributed by atoms with Crippen molar-refractivity contribution in [3.05, 3.63) is 23.8 Å². The van der Waals surface area contributed by atoms with Crippen molar-refractivity contribution in [1.29, 1.82) is 0 Å². The third-order valence-electron chi connectivity index (χ3n) is 1.47. The van der Waals surface area contributed by atoms with Crippen LogP contribution in [0.3, 0.4) is 0 Å². The number of benzene rings is 1. The molecule has 0 aromatic heterocycles. The SMILES string of the molecule is [2H]C([2H])([2H])C([2H])([2H])NCc1cc(N)ccc1O. The molecule has 0 unspecified atom stereocenters. The average molecular weight is 171 g/mol. The molecule has 0 fully saturated rings. The summed E-state index contributed by atoms with van der Waals surface area (Å²) in [7, 11) is 0. The first-order valence-corrected chi connectivity index (χ1v) is 3.46. The van der Waals surface area contributed by atoms with Gasteiger partial charge in [-0.3, -0.25) is 0 Å². The zero-order valence-electron chi connectivity index (χ0n) is 11.5. The Morgan fingerprint density at radius 2 is 2.58 bits per heavy atom. The molecule has 1 rings (SSSR count). The van der Waals surface area contributed by atoms with Gasteiger partial charge < -0.3 is 16.2 Å². The van der Waals surface area contributed by atoms with E-state index in [-0.39, 0.29) is 12.3 Å². The maximum atomic E-state index is 9.48. The van der Waals surface area contributed by atoms with Gasteiger partial charge in [0.05, 0.1) is 0 Å². The van der Waals surface area contributed by atoms with Crippen molar-refractivity contribution in [1.82, 2.24) is 5.32 Å². The molecule has 0 radical (unpaired) electrons. The van der Waals surface area contributed by atoms with Gasteiger partial charge in [0, 0.05) is 24.6 Å². The average Bonchev–Trinajstić information content (AvgIpc) is 2.18. The van der Waals surface area contributed by atoms with Crippen LogP contribution in [0.5, 0.6) is 5.75 Å². The molecule has 0 aliphatic heterocycles. The van der Waals surface area contributed by atoms with Crippen molar-refractivity contribution in [2.45, 2.75) is 13.4 Å². The van der Waals surface area contributed by atoms with E-state index in [1.165, 1.54) is 18.2 Å². The molecule has 0 atom stereocenters. The Balaban J connectivity index is 2.77. The minimum atomic E-state index is -2.77. The van der Waals surface area contributed by atoms with Crippen LogP contribution in [0.15, 0.2) is 18.2 Å². The number of aromatic hydroxyl groups is 1. The van der Waals surface area contributed by atoms with E-state index in [0.29, 0.717) is 11.3 Å². The molecule has 1 aromatic carbocycles. The fraction of sp³-hybridized carbons (Fsp3) is 0.333. The lowest BCUT2D eigenvalue weighted by atomic mass is 10.2. The molecule has 0 bridgehead atoms. The van der Waals surface area contributed by atoms with Crippen molar-refractivity contribution in [2.75, 3.05) is 12.2 Å². The quantitative estimate of drug-likeness (QED) is 0.471. The number of nitrogens with one attached hydrogen (secondary N) is 1. The summed E-state index contributed by atoms with van der Waals surface area (Å²) in [4.78, 5) is 0. The summed E-state index contributed by atoms with van der Waals surface area (Å²) in [5, 5.41) is 11.7. The minimum Gasteiger partial charge on any atom is -0.508 e.